The third-order valence-corrected chi connectivity index (χ3v) is 2.53. The van der Waals surface area contributed by atoms with Gasteiger partial charge in [0.2, 0.25) is 0 Å². The molecule has 0 saturated heterocycles. The summed E-state index contributed by atoms with van der Waals surface area (Å²) in [4.78, 5) is 0. The van der Waals surface area contributed by atoms with Gasteiger partial charge in [-0.2, -0.15) is 13.2 Å². The SMILES string of the molecule is C.CC(C)C1(C(F)(F)F)Oc2ccccc2O1. The second-order valence-corrected chi connectivity index (χ2v) is 3.97. The van der Waals surface area contributed by atoms with Gasteiger partial charge in [-0.05, 0) is 12.1 Å². The molecular weight excluding hydrogens is 233 g/mol. The number of hydrogen-bond donors (Lipinski definition) is 0. The molecule has 2 nitrogen and oxygen atoms in total. The maximum atomic E-state index is 13.0. The molecule has 1 aliphatic rings. The van der Waals surface area contributed by atoms with Gasteiger partial charge in [-0.1, -0.05) is 33.4 Å². The van der Waals surface area contributed by atoms with E-state index in [1.165, 1.54) is 26.0 Å². The van der Waals surface area contributed by atoms with Gasteiger partial charge in [0.25, 0.3) is 0 Å². The highest BCUT2D eigenvalue weighted by atomic mass is 19.4. The van der Waals surface area contributed by atoms with Crippen LogP contribution >= 0.6 is 0 Å². The van der Waals surface area contributed by atoms with E-state index in [2.05, 4.69) is 0 Å². The molecule has 17 heavy (non-hydrogen) atoms. The number of para-hydroxylation sites is 2. The summed E-state index contributed by atoms with van der Waals surface area (Å²) in [7, 11) is 0. The van der Waals surface area contributed by atoms with Crippen molar-refractivity contribution < 1.29 is 22.6 Å². The first-order valence-corrected chi connectivity index (χ1v) is 4.90. The van der Waals surface area contributed by atoms with Gasteiger partial charge in [-0.25, -0.2) is 0 Å². The van der Waals surface area contributed by atoms with Crippen molar-refractivity contribution in [3.8, 4) is 11.5 Å². The van der Waals surface area contributed by atoms with Gasteiger partial charge < -0.3 is 9.47 Å². The van der Waals surface area contributed by atoms with E-state index in [-0.39, 0.29) is 18.9 Å². The number of hydrogen-bond acceptors (Lipinski definition) is 2. The largest absolute Gasteiger partial charge is 0.468 e. The van der Waals surface area contributed by atoms with E-state index in [0.717, 1.165) is 0 Å². The van der Waals surface area contributed by atoms with Crippen LogP contribution in [0.4, 0.5) is 13.2 Å². The Labute approximate surface area is 98.3 Å². The van der Waals surface area contributed by atoms with Crippen molar-refractivity contribution in [2.24, 2.45) is 5.92 Å². The normalized spacial score (nSPS) is 16.8. The molecular formula is C12H15F3O2. The number of halogens is 3. The minimum atomic E-state index is -4.57. The summed E-state index contributed by atoms with van der Waals surface area (Å²) in [5.74, 6) is -3.13. The molecule has 1 aliphatic heterocycles. The molecule has 0 aromatic heterocycles. The Bertz CT molecular complexity index is 374. The summed E-state index contributed by atoms with van der Waals surface area (Å²) < 4.78 is 48.9. The van der Waals surface area contributed by atoms with Gasteiger partial charge in [-0.15, -0.1) is 0 Å². The fourth-order valence-corrected chi connectivity index (χ4v) is 1.65. The van der Waals surface area contributed by atoms with E-state index < -0.39 is 17.9 Å². The monoisotopic (exact) mass is 248 g/mol. The molecule has 1 aromatic carbocycles. The first-order valence-electron chi connectivity index (χ1n) is 4.90. The Hall–Kier alpha value is -1.39. The van der Waals surface area contributed by atoms with Crippen LogP contribution in [0.5, 0.6) is 11.5 Å². The van der Waals surface area contributed by atoms with Crippen LogP contribution in [-0.2, 0) is 0 Å². The van der Waals surface area contributed by atoms with Gasteiger partial charge in [-0.3, -0.25) is 0 Å². The maximum absolute atomic E-state index is 13.0. The van der Waals surface area contributed by atoms with E-state index in [4.69, 9.17) is 9.47 Å². The molecule has 5 heteroatoms. The summed E-state index contributed by atoms with van der Waals surface area (Å²) >= 11 is 0. The molecule has 96 valence electrons. The van der Waals surface area contributed by atoms with Gasteiger partial charge in [0, 0.05) is 5.92 Å². The van der Waals surface area contributed by atoms with E-state index in [1.54, 1.807) is 12.1 Å². The third kappa shape index (κ3) is 1.94. The van der Waals surface area contributed by atoms with E-state index in [9.17, 15) is 13.2 Å². The number of rotatable bonds is 1. The predicted octanol–water partition coefficient (Wildman–Crippen LogP) is 4.01. The lowest BCUT2D eigenvalue weighted by Gasteiger charge is -2.32. The lowest BCUT2D eigenvalue weighted by molar-refractivity contribution is -0.326. The van der Waals surface area contributed by atoms with Crippen LogP contribution in [0.3, 0.4) is 0 Å². The van der Waals surface area contributed by atoms with Gasteiger partial charge in [0.1, 0.15) is 0 Å². The van der Waals surface area contributed by atoms with Crippen molar-refractivity contribution >= 4 is 0 Å². The quantitative estimate of drug-likeness (QED) is 0.747. The van der Waals surface area contributed by atoms with Crippen molar-refractivity contribution in [1.82, 2.24) is 0 Å². The molecule has 0 aliphatic carbocycles. The van der Waals surface area contributed by atoms with Crippen molar-refractivity contribution in [2.75, 3.05) is 0 Å². The third-order valence-electron chi connectivity index (χ3n) is 2.53. The molecule has 0 unspecified atom stereocenters. The van der Waals surface area contributed by atoms with Gasteiger partial charge in [0.15, 0.2) is 11.5 Å². The fraction of sp³-hybridized carbons (Fsp3) is 0.500. The second kappa shape index (κ2) is 4.13. The summed E-state index contributed by atoms with van der Waals surface area (Å²) in [5.41, 5.74) is 0. The second-order valence-electron chi connectivity index (χ2n) is 3.97. The summed E-state index contributed by atoms with van der Waals surface area (Å²) in [6.45, 7) is 2.83. The van der Waals surface area contributed by atoms with Crippen LogP contribution in [-0.4, -0.2) is 12.0 Å². The smallest absolute Gasteiger partial charge is 0.440 e. The highest BCUT2D eigenvalue weighted by molar-refractivity contribution is 5.43. The Morgan fingerprint density at radius 2 is 1.47 bits per heavy atom. The lowest BCUT2D eigenvalue weighted by atomic mass is 10.0. The lowest BCUT2D eigenvalue weighted by Crippen LogP contribution is -2.56. The summed E-state index contributed by atoms with van der Waals surface area (Å²) in [5, 5.41) is 0. The average Bonchev–Trinajstić information content (AvgIpc) is 2.56. The Balaban J connectivity index is 0.00000144. The first-order chi connectivity index (χ1) is 7.37. The van der Waals surface area contributed by atoms with Crippen LogP contribution in [0.25, 0.3) is 0 Å². The Morgan fingerprint density at radius 3 is 1.76 bits per heavy atom. The molecule has 1 heterocycles. The number of ether oxygens (including phenoxy) is 2. The van der Waals surface area contributed by atoms with Crippen LogP contribution in [0.15, 0.2) is 24.3 Å². The van der Waals surface area contributed by atoms with E-state index in [1.807, 2.05) is 0 Å². The van der Waals surface area contributed by atoms with Crippen LogP contribution in [0.2, 0.25) is 0 Å². The molecule has 0 amide bonds. The van der Waals surface area contributed by atoms with E-state index >= 15 is 0 Å². The van der Waals surface area contributed by atoms with Crippen molar-refractivity contribution in [1.29, 1.82) is 0 Å². The molecule has 2 rings (SSSR count). The van der Waals surface area contributed by atoms with Crippen LogP contribution in [0.1, 0.15) is 21.3 Å². The standard InChI is InChI=1S/C11H11F3O2.CH4/c1-7(2)10(11(12,13)14)15-8-5-3-4-6-9(8)16-10;/h3-7H,1-2H3;1H4. The number of alkyl halides is 3. The molecule has 0 N–H and O–H groups in total. The summed E-state index contributed by atoms with van der Waals surface area (Å²) in [6, 6.07) is 6.14. The number of benzene rings is 1. The molecule has 0 spiro atoms. The van der Waals surface area contributed by atoms with Crippen molar-refractivity contribution in [3.63, 3.8) is 0 Å². The fourth-order valence-electron chi connectivity index (χ4n) is 1.65. The zero-order valence-corrected chi connectivity index (χ0v) is 8.84. The minimum absolute atomic E-state index is 0. The van der Waals surface area contributed by atoms with Gasteiger partial charge in [0.05, 0.1) is 0 Å². The maximum Gasteiger partial charge on any atom is 0.468 e. The highest BCUT2D eigenvalue weighted by Crippen LogP contribution is 2.49. The zero-order chi connectivity index (χ0) is 12.0. The summed E-state index contributed by atoms with van der Waals surface area (Å²) in [6.07, 6.45) is -4.57. The van der Waals surface area contributed by atoms with Crippen molar-refractivity contribution in [2.45, 2.75) is 33.2 Å². The number of fused-ring (bicyclic) bond motifs is 1. The molecule has 0 bridgehead atoms. The predicted molar refractivity (Wildman–Crippen MR) is 58.1 cm³/mol. The van der Waals surface area contributed by atoms with Crippen LogP contribution < -0.4 is 9.47 Å². The minimum Gasteiger partial charge on any atom is -0.440 e. The molecule has 0 fully saturated rings. The van der Waals surface area contributed by atoms with Gasteiger partial charge >= 0.3 is 12.0 Å². The molecule has 0 saturated carbocycles. The molecule has 1 aromatic rings. The average molecular weight is 248 g/mol. The first kappa shape index (κ1) is 13.7. The molecule has 0 atom stereocenters. The zero-order valence-electron chi connectivity index (χ0n) is 8.84. The Kier molecular flexibility index (Phi) is 3.32. The topological polar surface area (TPSA) is 18.5 Å². The Morgan fingerprint density at radius 1 is 1.06 bits per heavy atom. The van der Waals surface area contributed by atoms with Crippen LogP contribution in [0, 0.1) is 5.92 Å². The van der Waals surface area contributed by atoms with Crippen molar-refractivity contribution in [3.05, 3.63) is 24.3 Å². The van der Waals surface area contributed by atoms with E-state index in [0.29, 0.717) is 0 Å². The highest BCUT2D eigenvalue weighted by Gasteiger charge is 2.65. The molecule has 0 radical (unpaired) electrons.